The third-order valence-corrected chi connectivity index (χ3v) is 5.00. The Hall–Kier alpha value is -2.54. The number of hydrogen-bond acceptors (Lipinski definition) is 5. The number of furan rings is 1. The fourth-order valence-corrected chi connectivity index (χ4v) is 3.28. The summed E-state index contributed by atoms with van der Waals surface area (Å²) in [5, 5.41) is 8.96. The number of hydrogen-bond donors (Lipinski definition) is 0. The van der Waals surface area contributed by atoms with E-state index in [0.29, 0.717) is 29.0 Å². The number of amides is 1. The second-order valence-corrected chi connectivity index (χ2v) is 6.75. The van der Waals surface area contributed by atoms with Gasteiger partial charge in [0.15, 0.2) is 16.7 Å². The lowest BCUT2D eigenvalue weighted by Crippen LogP contribution is -2.28. The first-order valence-corrected chi connectivity index (χ1v) is 8.89. The van der Waals surface area contributed by atoms with Crippen molar-refractivity contribution in [2.75, 3.05) is 12.8 Å². The first-order valence-electron chi connectivity index (χ1n) is 7.91. The van der Waals surface area contributed by atoms with Crippen molar-refractivity contribution in [3.63, 3.8) is 0 Å². The van der Waals surface area contributed by atoms with Crippen LogP contribution < -0.4 is 0 Å². The Labute approximate surface area is 150 Å². The molecule has 0 aliphatic heterocycles. The highest BCUT2D eigenvalue weighted by Crippen LogP contribution is 2.23. The average Bonchev–Trinajstić information content (AvgIpc) is 3.24. The van der Waals surface area contributed by atoms with Gasteiger partial charge in [0.1, 0.15) is 0 Å². The van der Waals surface area contributed by atoms with Gasteiger partial charge in [0.05, 0.1) is 12.0 Å². The fraction of sp³-hybridized carbons (Fsp3) is 0.278. The molecule has 0 spiro atoms. The van der Waals surface area contributed by atoms with E-state index in [9.17, 15) is 4.79 Å². The van der Waals surface area contributed by atoms with E-state index < -0.39 is 0 Å². The molecule has 0 saturated heterocycles. The van der Waals surface area contributed by atoms with Crippen molar-refractivity contribution >= 4 is 17.7 Å². The molecule has 0 atom stereocenters. The minimum atomic E-state index is 0.0517. The molecule has 2 heterocycles. The number of rotatable bonds is 6. The Morgan fingerprint density at radius 1 is 1.24 bits per heavy atom. The highest BCUT2D eigenvalue weighted by Gasteiger charge is 2.16. The van der Waals surface area contributed by atoms with Crippen LogP contribution >= 0.6 is 11.8 Å². The summed E-state index contributed by atoms with van der Waals surface area (Å²) in [6, 6.07) is 11.7. The minimum Gasteiger partial charge on any atom is -0.461 e. The van der Waals surface area contributed by atoms with Crippen molar-refractivity contribution < 1.29 is 9.21 Å². The molecular weight excluding hydrogens is 336 g/mol. The summed E-state index contributed by atoms with van der Waals surface area (Å²) in [6.45, 7) is 2.65. The summed E-state index contributed by atoms with van der Waals surface area (Å²) in [6.07, 6.45) is 1.60. The predicted octanol–water partition coefficient (Wildman–Crippen LogP) is 3.13. The molecule has 0 bridgehead atoms. The SMILES string of the molecule is Cc1ccccc1CN(C)C(=O)CSc1nnc(-c2ccco2)n1C. The molecule has 3 aromatic rings. The molecular formula is C18H20N4O2S. The number of aromatic nitrogens is 3. The molecule has 7 heteroatoms. The van der Waals surface area contributed by atoms with E-state index in [0.717, 1.165) is 5.56 Å². The lowest BCUT2D eigenvalue weighted by Gasteiger charge is -2.18. The number of benzene rings is 1. The van der Waals surface area contributed by atoms with Crippen LogP contribution in [0.1, 0.15) is 11.1 Å². The van der Waals surface area contributed by atoms with Crippen molar-refractivity contribution in [3.8, 4) is 11.6 Å². The van der Waals surface area contributed by atoms with Crippen LogP contribution in [0.3, 0.4) is 0 Å². The van der Waals surface area contributed by atoms with Crippen molar-refractivity contribution in [2.24, 2.45) is 7.05 Å². The molecule has 0 saturated carbocycles. The van der Waals surface area contributed by atoms with Crippen LogP contribution in [-0.4, -0.2) is 38.4 Å². The molecule has 1 amide bonds. The Kier molecular flexibility index (Phi) is 5.23. The van der Waals surface area contributed by atoms with Gasteiger partial charge in [-0.3, -0.25) is 4.79 Å². The van der Waals surface area contributed by atoms with E-state index in [1.54, 1.807) is 17.2 Å². The van der Waals surface area contributed by atoms with Gasteiger partial charge in [-0.2, -0.15) is 0 Å². The molecule has 25 heavy (non-hydrogen) atoms. The molecule has 1 aromatic carbocycles. The van der Waals surface area contributed by atoms with Crippen LogP contribution in [0.25, 0.3) is 11.6 Å². The van der Waals surface area contributed by atoms with Crippen LogP contribution in [0.4, 0.5) is 0 Å². The number of thioether (sulfide) groups is 1. The van der Waals surface area contributed by atoms with E-state index in [1.165, 1.54) is 17.3 Å². The predicted molar refractivity (Wildman–Crippen MR) is 97.1 cm³/mol. The zero-order chi connectivity index (χ0) is 17.8. The number of carbonyl (C=O) groups is 1. The zero-order valence-electron chi connectivity index (χ0n) is 14.5. The van der Waals surface area contributed by atoms with Gasteiger partial charge < -0.3 is 13.9 Å². The zero-order valence-corrected chi connectivity index (χ0v) is 15.3. The molecule has 0 aliphatic carbocycles. The third kappa shape index (κ3) is 3.93. The van der Waals surface area contributed by atoms with Crippen molar-refractivity contribution in [3.05, 3.63) is 53.8 Å². The van der Waals surface area contributed by atoms with Crippen molar-refractivity contribution in [1.82, 2.24) is 19.7 Å². The Bertz CT molecular complexity index is 858. The number of nitrogens with zero attached hydrogens (tertiary/aromatic N) is 4. The number of aryl methyl sites for hydroxylation is 1. The van der Waals surface area contributed by atoms with E-state index in [4.69, 9.17) is 4.42 Å². The van der Waals surface area contributed by atoms with Crippen molar-refractivity contribution in [1.29, 1.82) is 0 Å². The smallest absolute Gasteiger partial charge is 0.233 e. The van der Waals surface area contributed by atoms with Gasteiger partial charge >= 0.3 is 0 Å². The normalized spacial score (nSPS) is 10.8. The molecule has 0 radical (unpaired) electrons. The summed E-state index contributed by atoms with van der Waals surface area (Å²) in [5.74, 6) is 1.67. The van der Waals surface area contributed by atoms with E-state index >= 15 is 0 Å². The maximum atomic E-state index is 12.4. The molecule has 0 aliphatic rings. The summed E-state index contributed by atoms with van der Waals surface area (Å²) in [7, 11) is 3.68. The van der Waals surface area contributed by atoms with Gasteiger partial charge in [-0.05, 0) is 30.2 Å². The molecule has 0 fully saturated rings. The van der Waals surface area contributed by atoms with Crippen LogP contribution in [0.5, 0.6) is 0 Å². The lowest BCUT2D eigenvalue weighted by molar-refractivity contribution is -0.127. The van der Waals surface area contributed by atoms with Crippen LogP contribution in [0.15, 0.2) is 52.2 Å². The maximum Gasteiger partial charge on any atom is 0.233 e. The van der Waals surface area contributed by atoms with Gasteiger partial charge in [-0.15, -0.1) is 10.2 Å². The van der Waals surface area contributed by atoms with Gasteiger partial charge in [0.25, 0.3) is 0 Å². The van der Waals surface area contributed by atoms with Gasteiger partial charge in [-0.25, -0.2) is 0 Å². The first kappa shape index (κ1) is 17.3. The lowest BCUT2D eigenvalue weighted by atomic mass is 10.1. The van der Waals surface area contributed by atoms with Crippen LogP contribution in [0.2, 0.25) is 0 Å². The van der Waals surface area contributed by atoms with Crippen LogP contribution in [0, 0.1) is 6.92 Å². The highest BCUT2D eigenvalue weighted by atomic mass is 32.2. The quantitative estimate of drug-likeness (QED) is 0.635. The van der Waals surface area contributed by atoms with Crippen molar-refractivity contribution in [2.45, 2.75) is 18.6 Å². The molecule has 0 unspecified atom stereocenters. The van der Waals surface area contributed by atoms with Gasteiger partial charge in [0.2, 0.25) is 5.91 Å². The summed E-state index contributed by atoms with van der Waals surface area (Å²) in [4.78, 5) is 14.1. The Morgan fingerprint density at radius 3 is 2.76 bits per heavy atom. The summed E-state index contributed by atoms with van der Waals surface area (Å²) in [5.41, 5.74) is 2.34. The third-order valence-electron chi connectivity index (χ3n) is 4.00. The summed E-state index contributed by atoms with van der Waals surface area (Å²) < 4.78 is 7.18. The molecule has 6 nitrogen and oxygen atoms in total. The molecule has 2 aromatic heterocycles. The summed E-state index contributed by atoms with van der Waals surface area (Å²) >= 11 is 1.37. The standard InChI is InChI=1S/C18H20N4O2S/c1-13-7-4-5-8-14(13)11-21(2)16(23)12-25-18-20-19-17(22(18)3)15-9-6-10-24-15/h4-10H,11-12H2,1-3H3. The Balaban J connectivity index is 1.60. The largest absolute Gasteiger partial charge is 0.461 e. The Morgan fingerprint density at radius 2 is 2.04 bits per heavy atom. The van der Waals surface area contributed by atoms with E-state index in [2.05, 4.69) is 23.2 Å². The van der Waals surface area contributed by atoms with Crippen LogP contribution in [-0.2, 0) is 18.4 Å². The average molecular weight is 356 g/mol. The first-order chi connectivity index (χ1) is 12.1. The fourth-order valence-electron chi connectivity index (χ4n) is 2.43. The monoisotopic (exact) mass is 356 g/mol. The highest BCUT2D eigenvalue weighted by molar-refractivity contribution is 7.99. The number of carbonyl (C=O) groups excluding carboxylic acids is 1. The van der Waals surface area contributed by atoms with E-state index in [1.807, 2.05) is 42.9 Å². The van der Waals surface area contributed by atoms with E-state index in [-0.39, 0.29) is 5.91 Å². The minimum absolute atomic E-state index is 0.0517. The second-order valence-electron chi connectivity index (χ2n) is 5.81. The molecule has 0 N–H and O–H groups in total. The second kappa shape index (κ2) is 7.57. The maximum absolute atomic E-state index is 12.4. The molecule has 130 valence electrons. The van der Waals surface area contributed by atoms with Gasteiger partial charge in [0, 0.05) is 20.6 Å². The topological polar surface area (TPSA) is 64.2 Å². The van der Waals surface area contributed by atoms with Gasteiger partial charge in [-0.1, -0.05) is 36.0 Å². The molecule has 3 rings (SSSR count).